The monoisotopic (exact) mass is 529 g/mol. The number of nitrogens with one attached hydrogen (secondary N) is 1. The molecule has 1 saturated heterocycles. The summed E-state index contributed by atoms with van der Waals surface area (Å²) in [5.41, 5.74) is 2.65. The molecular formula is C30H28FN3O3S. The van der Waals surface area contributed by atoms with Crippen molar-refractivity contribution in [3.05, 3.63) is 132 Å². The van der Waals surface area contributed by atoms with Gasteiger partial charge in [0.05, 0.1) is 16.5 Å². The lowest BCUT2D eigenvalue weighted by Gasteiger charge is -2.39. The van der Waals surface area contributed by atoms with E-state index < -0.39 is 21.7 Å². The summed E-state index contributed by atoms with van der Waals surface area (Å²) >= 11 is 0. The third kappa shape index (κ3) is 5.52. The fourth-order valence-electron chi connectivity index (χ4n) is 4.79. The van der Waals surface area contributed by atoms with E-state index in [0.29, 0.717) is 31.9 Å². The Morgan fingerprint density at radius 1 is 0.711 bits per heavy atom. The molecule has 5 rings (SSSR count). The minimum absolute atomic E-state index is 0.0413. The molecule has 6 nitrogen and oxygen atoms in total. The molecule has 1 aliphatic heterocycles. The van der Waals surface area contributed by atoms with Gasteiger partial charge in [0.25, 0.3) is 5.91 Å². The lowest BCUT2D eigenvalue weighted by atomic mass is 9.96. The highest BCUT2D eigenvalue weighted by Crippen LogP contribution is 2.30. The van der Waals surface area contributed by atoms with Crippen LogP contribution >= 0.6 is 0 Å². The molecule has 0 atom stereocenters. The topological polar surface area (TPSA) is 69.7 Å². The molecule has 38 heavy (non-hydrogen) atoms. The van der Waals surface area contributed by atoms with Crippen molar-refractivity contribution < 1.29 is 17.6 Å². The average Bonchev–Trinajstić information content (AvgIpc) is 2.95. The van der Waals surface area contributed by atoms with Crippen molar-refractivity contribution in [2.24, 2.45) is 0 Å². The van der Waals surface area contributed by atoms with E-state index >= 15 is 0 Å². The van der Waals surface area contributed by atoms with Crippen LogP contribution in [0.15, 0.2) is 114 Å². The molecule has 1 heterocycles. The van der Waals surface area contributed by atoms with Gasteiger partial charge in [0, 0.05) is 31.9 Å². The molecule has 0 spiro atoms. The van der Waals surface area contributed by atoms with Gasteiger partial charge in [-0.3, -0.25) is 9.69 Å². The zero-order chi connectivity index (χ0) is 26.5. The number of hydrogen-bond donors (Lipinski definition) is 1. The summed E-state index contributed by atoms with van der Waals surface area (Å²) in [6.45, 7) is 1.91. The molecule has 4 aromatic rings. The van der Waals surface area contributed by atoms with Crippen LogP contribution in [-0.4, -0.2) is 49.7 Å². The number of hydrogen-bond acceptors (Lipinski definition) is 4. The van der Waals surface area contributed by atoms with Gasteiger partial charge in [-0.2, -0.15) is 4.31 Å². The molecule has 1 amide bonds. The van der Waals surface area contributed by atoms with Crippen LogP contribution in [0.4, 0.5) is 10.1 Å². The summed E-state index contributed by atoms with van der Waals surface area (Å²) in [7, 11) is -3.71. The van der Waals surface area contributed by atoms with Crippen LogP contribution in [0.5, 0.6) is 0 Å². The number of halogens is 1. The number of nitrogens with zero attached hydrogens (tertiary/aromatic N) is 2. The predicted molar refractivity (Wildman–Crippen MR) is 146 cm³/mol. The molecule has 8 heteroatoms. The summed E-state index contributed by atoms with van der Waals surface area (Å²) < 4.78 is 42.1. The van der Waals surface area contributed by atoms with Gasteiger partial charge < -0.3 is 5.32 Å². The van der Waals surface area contributed by atoms with E-state index in [1.807, 2.05) is 36.4 Å². The molecule has 1 N–H and O–H groups in total. The molecular weight excluding hydrogens is 501 g/mol. The molecule has 4 aromatic carbocycles. The fourth-order valence-corrected chi connectivity index (χ4v) is 6.21. The lowest BCUT2D eigenvalue weighted by molar-refractivity contribution is 0.102. The van der Waals surface area contributed by atoms with Crippen LogP contribution < -0.4 is 5.32 Å². The standard InChI is InChI=1S/C30H28FN3O3S/c31-28-14-8-7-13-27(28)30(35)32-25-15-17-26(18-16-25)38(36,37)34-21-19-33(20-22-34)29(23-9-3-1-4-10-23)24-11-5-2-6-12-24/h1-18,29H,19-22H2,(H,32,35). The molecule has 0 saturated carbocycles. The first-order valence-corrected chi connectivity index (χ1v) is 13.9. The zero-order valence-corrected chi connectivity index (χ0v) is 21.5. The summed E-state index contributed by atoms with van der Waals surface area (Å²) in [5.74, 6) is -1.22. The summed E-state index contributed by atoms with van der Waals surface area (Å²) in [6.07, 6.45) is 0. The maximum Gasteiger partial charge on any atom is 0.258 e. The van der Waals surface area contributed by atoms with Gasteiger partial charge >= 0.3 is 0 Å². The van der Waals surface area contributed by atoms with Gasteiger partial charge in [-0.1, -0.05) is 72.8 Å². The maximum atomic E-state index is 13.9. The van der Waals surface area contributed by atoms with Crippen LogP contribution in [0.25, 0.3) is 0 Å². The van der Waals surface area contributed by atoms with E-state index in [1.165, 1.54) is 57.9 Å². The molecule has 0 bridgehead atoms. The second-order valence-corrected chi connectivity index (χ2v) is 11.1. The van der Waals surface area contributed by atoms with E-state index in [-0.39, 0.29) is 16.5 Å². The Labute approximate surface area is 222 Å². The van der Waals surface area contributed by atoms with E-state index in [1.54, 1.807) is 6.07 Å². The van der Waals surface area contributed by atoms with Crippen LogP contribution in [-0.2, 0) is 10.0 Å². The minimum atomic E-state index is -3.71. The van der Waals surface area contributed by atoms with Crippen molar-refractivity contribution in [2.75, 3.05) is 31.5 Å². The van der Waals surface area contributed by atoms with E-state index in [4.69, 9.17) is 0 Å². The molecule has 0 radical (unpaired) electrons. The van der Waals surface area contributed by atoms with Gasteiger partial charge in [0.1, 0.15) is 5.82 Å². The van der Waals surface area contributed by atoms with Gasteiger partial charge in [-0.05, 0) is 47.5 Å². The SMILES string of the molecule is O=C(Nc1ccc(S(=O)(=O)N2CCN(C(c3ccccc3)c3ccccc3)CC2)cc1)c1ccccc1F. The van der Waals surface area contributed by atoms with Crippen LogP contribution in [0.1, 0.15) is 27.5 Å². The number of benzene rings is 4. The Kier molecular flexibility index (Phi) is 7.64. The number of anilines is 1. The Balaban J connectivity index is 1.27. The van der Waals surface area contributed by atoms with Crippen molar-refractivity contribution in [3.63, 3.8) is 0 Å². The fraction of sp³-hybridized carbons (Fsp3) is 0.167. The Bertz CT molecular complexity index is 1450. The summed E-state index contributed by atoms with van der Waals surface area (Å²) in [4.78, 5) is 14.8. The van der Waals surface area contributed by atoms with Crippen molar-refractivity contribution in [2.45, 2.75) is 10.9 Å². The highest BCUT2D eigenvalue weighted by molar-refractivity contribution is 7.89. The van der Waals surface area contributed by atoms with Crippen LogP contribution in [0.3, 0.4) is 0 Å². The third-order valence-electron chi connectivity index (χ3n) is 6.74. The lowest BCUT2D eigenvalue weighted by Crippen LogP contribution is -2.49. The average molecular weight is 530 g/mol. The third-order valence-corrected chi connectivity index (χ3v) is 8.65. The first kappa shape index (κ1) is 25.8. The number of carbonyl (C=O) groups excluding carboxylic acids is 1. The van der Waals surface area contributed by atoms with Crippen LogP contribution in [0, 0.1) is 5.82 Å². The molecule has 1 aliphatic rings. The number of carbonyl (C=O) groups is 1. The van der Waals surface area contributed by atoms with Gasteiger partial charge in [0.2, 0.25) is 10.0 Å². The number of piperazine rings is 1. The van der Waals surface area contributed by atoms with Crippen molar-refractivity contribution in [3.8, 4) is 0 Å². The van der Waals surface area contributed by atoms with E-state index in [0.717, 1.165) is 0 Å². The molecule has 0 unspecified atom stereocenters. The van der Waals surface area contributed by atoms with Crippen molar-refractivity contribution in [1.82, 2.24) is 9.21 Å². The first-order chi connectivity index (χ1) is 18.4. The second kappa shape index (κ2) is 11.3. The number of rotatable bonds is 7. The van der Waals surface area contributed by atoms with Crippen molar-refractivity contribution >= 4 is 21.6 Å². The molecule has 0 aromatic heterocycles. The maximum absolute atomic E-state index is 13.9. The quantitative estimate of drug-likeness (QED) is 0.359. The normalized spacial score (nSPS) is 14.9. The highest BCUT2D eigenvalue weighted by Gasteiger charge is 2.32. The smallest absolute Gasteiger partial charge is 0.258 e. The largest absolute Gasteiger partial charge is 0.322 e. The van der Waals surface area contributed by atoms with E-state index in [9.17, 15) is 17.6 Å². The summed E-state index contributed by atoms with van der Waals surface area (Å²) in [5, 5.41) is 2.61. The molecule has 0 aliphatic carbocycles. The zero-order valence-electron chi connectivity index (χ0n) is 20.7. The number of sulfonamides is 1. The van der Waals surface area contributed by atoms with Gasteiger partial charge in [-0.25, -0.2) is 12.8 Å². The van der Waals surface area contributed by atoms with Crippen LogP contribution in [0.2, 0.25) is 0 Å². The summed E-state index contributed by atoms with van der Waals surface area (Å²) in [6, 6.07) is 32.2. The highest BCUT2D eigenvalue weighted by atomic mass is 32.2. The predicted octanol–water partition coefficient (Wildman–Crippen LogP) is 5.17. The second-order valence-electron chi connectivity index (χ2n) is 9.12. The molecule has 1 fully saturated rings. The van der Waals surface area contributed by atoms with Gasteiger partial charge in [-0.15, -0.1) is 0 Å². The Hall–Kier alpha value is -3.85. The Morgan fingerprint density at radius 3 is 1.79 bits per heavy atom. The van der Waals surface area contributed by atoms with Gasteiger partial charge in [0.15, 0.2) is 0 Å². The van der Waals surface area contributed by atoms with Crippen molar-refractivity contribution in [1.29, 1.82) is 0 Å². The number of amides is 1. The Morgan fingerprint density at radius 2 is 1.24 bits per heavy atom. The minimum Gasteiger partial charge on any atom is -0.322 e. The van der Waals surface area contributed by atoms with E-state index in [2.05, 4.69) is 34.5 Å². The first-order valence-electron chi connectivity index (χ1n) is 12.4. The molecule has 194 valence electrons.